The number of anilines is 1. The van der Waals surface area contributed by atoms with Gasteiger partial charge in [0.25, 0.3) is 5.91 Å². The monoisotopic (exact) mass is 373 g/mol. The van der Waals surface area contributed by atoms with Crippen LogP contribution in [0.25, 0.3) is 0 Å². The van der Waals surface area contributed by atoms with Gasteiger partial charge >= 0.3 is 0 Å². The van der Waals surface area contributed by atoms with Crippen LogP contribution in [0.15, 0.2) is 72.8 Å². The first-order valence-electron chi connectivity index (χ1n) is 9.86. The molecule has 0 saturated carbocycles. The Labute approximate surface area is 167 Å². The van der Waals surface area contributed by atoms with E-state index in [2.05, 4.69) is 43.4 Å². The molecule has 1 N–H and O–H groups in total. The van der Waals surface area contributed by atoms with E-state index in [0.717, 1.165) is 47.4 Å². The normalized spacial score (nSPS) is 10.5. The summed E-state index contributed by atoms with van der Waals surface area (Å²) in [6, 6.07) is 24.3. The van der Waals surface area contributed by atoms with E-state index >= 15 is 0 Å². The van der Waals surface area contributed by atoms with Crippen LogP contribution in [0.2, 0.25) is 0 Å². The molecular weight excluding hydrogens is 346 g/mol. The molecule has 0 spiro atoms. The molecule has 3 nitrogen and oxygen atoms in total. The number of nitrogens with one attached hydrogen (secondary N) is 1. The van der Waals surface area contributed by atoms with Crippen molar-refractivity contribution in [3.8, 4) is 5.75 Å². The number of para-hydroxylation sites is 2. The second-order valence-corrected chi connectivity index (χ2v) is 6.77. The van der Waals surface area contributed by atoms with Crippen molar-refractivity contribution in [2.24, 2.45) is 0 Å². The first-order valence-corrected chi connectivity index (χ1v) is 9.86. The number of carbonyl (C=O) groups excluding carboxylic acids is 1. The van der Waals surface area contributed by atoms with Crippen LogP contribution in [-0.4, -0.2) is 12.5 Å². The average Bonchev–Trinajstić information content (AvgIpc) is 2.74. The summed E-state index contributed by atoms with van der Waals surface area (Å²) in [5, 5.41) is 3.06. The quantitative estimate of drug-likeness (QED) is 0.572. The van der Waals surface area contributed by atoms with Gasteiger partial charge in [0.15, 0.2) is 6.61 Å². The van der Waals surface area contributed by atoms with Crippen molar-refractivity contribution in [2.75, 3.05) is 11.9 Å². The van der Waals surface area contributed by atoms with E-state index in [1.807, 2.05) is 48.5 Å². The van der Waals surface area contributed by atoms with Crippen LogP contribution in [0.1, 0.15) is 36.1 Å². The maximum atomic E-state index is 12.6. The summed E-state index contributed by atoms with van der Waals surface area (Å²) < 4.78 is 5.88. The predicted octanol–water partition coefficient (Wildman–Crippen LogP) is 5.42. The smallest absolute Gasteiger partial charge is 0.262 e. The topological polar surface area (TPSA) is 38.3 Å². The van der Waals surface area contributed by atoms with E-state index in [4.69, 9.17) is 4.74 Å². The molecule has 0 aliphatic rings. The van der Waals surface area contributed by atoms with E-state index in [1.54, 1.807) is 0 Å². The molecule has 0 aromatic heterocycles. The van der Waals surface area contributed by atoms with Gasteiger partial charge in [-0.05, 0) is 41.2 Å². The van der Waals surface area contributed by atoms with E-state index in [1.165, 1.54) is 5.56 Å². The molecule has 28 heavy (non-hydrogen) atoms. The zero-order chi connectivity index (χ0) is 19.8. The van der Waals surface area contributed by atoms with Gasteiger partial charge in [0.05, 0.1) is 0 Å². The summed E-state index contributed by atoms with van der Waals surface area (Å²) >= 11 is 0. The van der Waals surface area contributed by atoms with Crippen LogP contribution in [0, 0.1) is 0 Å². The third-order valence-electron chi connectivity index (χ3n) is 4.83. The molecule has 0 radical (unpaired) electrons. The summed E-state index contributed by atoms with van der Waals surface area (Å²) in [6.07, 6.45) is 2.53. The van der Waals surface area contributed by atoms with Gasteiger partial charge in [0, 0.05) is 12.1 Å². The number of amides is 1. The van der Waals surface area contributed by atoms with Crippen LogP contribution in [0.4, 0.5) is 5.69 Å². The molecule has 0 fully saturated rings. The Kier molecular flexibility index (Phi) is 6.85. The second-order valence-electron chi connectivity index (χ2n) is 6.77. The van der Waals surface area contributed by atoms with Gasteiger partial charge in [0.2, 0.25) is 0 Å². The van der Waals surface area contributed by atoms with Crippen LogP contribution in [0.5, 0.6) is 5.75 Å². The highest BCUT2D eigenvalue weighted by Crippen LogP contribution is 2.24. The Bertz CT molecular complexity index is 897. The van der Waals surface area contributed by atoms with E-state index in [-0.39, 0.29) is 12.5 Å². The molecule has 144 valence electrons. The number of carbonyl (C=O) groups is 1. The third kappa shape index (κ3) is 5.01. The van der Waals surface area contributed by atoms with Crippen LogP contribution in [-0.2, 0) is 24.1 Å². The van der Waals surface area contributed by atoms with Gasteiger partial charge in [-0.3, -0.25) is 4.79 Å². The van der Waals surface area contributed by atoms with E-state index in [9.17, 15) is 4.79 Å². The highest BCUT2D eigenvalue weighted by Gasteiger charge is 2.12. The van der Waals surface area contributed by atoms with Crippen LogP contribution < -0.4 is 10.1 Å². The number of ether oxygens (including phenoxy) is 1. The molecule has 0 unspecified atom stereocenters. The maximum Gasteiger partial charge on any atom is 0.262 e. The number of rotatable bonds is 8. The lowest BCUT2D eigenvalue weighted by Crippen LogP contribution is -2.22. The van der Waals surface area contributed by atoms with Crippen molar-refractivity contribution in [3.63, 3.8) is 0 Å². The Morgan fingerprint density at radius 2 is 1.39 bits per heavy atom. The Hall–Kier alpha value is -3.07. The highest BCUT2D eigenvalue weighted by molar-refractivity contribution is 5.93. The van der Waals surface area contributed by atoms with E-state index < -0.39 is 0 Å². The van der Waals surface area contributed by atoms with Crippen molar-refractivity contribution in [2.45, 2.75) is 33.1 Å². The first kappa shape index (κ1) is 19.7. The lowest BCUT2D eigenvalue weighted by molar-refractivity contribution is -0.118. The highest BCUT2D eigenvalue weighted by atomic mass is 16.5. The standard InChI is InChI=1S/C25H27NO2/c1-3-20-14-10-15-21(4-2)25(20)26-24(27)18-28-23-16-9-8-13-22(23)17-19-11-6-5-7-12-19/h5-16H,3-4,17-18H2,1-2H3,(H,26,27). The fourth-order valence-electron chi connectivity index (χ4n) is 3.33. The zero-order valence-electron chi connectivity index (χ0n) is 16.6. The van der Waals surface area contributed by atoms with Gasteiger partial charge < -0.3 is 10.1 Å². The molecular formula is C25H27NO2. The molecule has 0 aliphatic heterocycles. The van der Waals surface area contributed by atoms with Gasteiger partial charge in [-0.2, -0.15) is 0 Å². The number of hydrogen-bond donors (Lipinski definition) is 1. The fraction of sp³-hybridized carbons (Fsp3) is 0.240. The summed E-state index contributed by atoms with van der Waals surface area (Å²) in [7, 11) is 0. The molecule has 0 atom stereocenters. The van der Waals surface area contributed by atoms with Crippen molar-refractivity contribution < 1.29 is 9.53 Å². The minimum Gasteiger partial charge on any atom is -0.483 e. The minimum absolute atomic E-state index is 0.00694. The van der Waals surface area contributed by atoms with Crippen LogP contribution >= 0.6 is 0 Å². The summed E-state index contributed by atoms with van der Waals surface area (Å²) in [5.41, 5.74) is 5.52. The summed E-state index contributed by atoms with van der Waals surface area (Å²) in [4.78, 5) is 12.6. The van der Waals surface area contributed by atoms with Gasteiger partial charge in [-0.1, -0.05) is 80.6 Å². The largest absolute Gasteiger partial charge is 0.483 e. The molecule has 0 bridgehead atoms. The molecule has 3 heteroatoms. The van der Waals surface area contributed by atoms with Crippen LogP contribution in [0.3, 0.4) is 0 Å². The fourth-order valence-corrected chi connectivity index (χ4v) is 3.33. The maximum absolute atomic E-state index is 12.6. The Balaban J connectivity index is 1.68. The molecule has 0 saturated heterocycles. The Morgan fingerprint density at radius 1 is 0.786 bits per heavy atom. The third-order valence-corrected chi connectivity index (χ3v) is 4.83. The Morgan fingerprint density at radius 3 is 2.07 bits per heavy atom. The van der Waals surface area contributed by atoms with Crippen molar-refractivity contribution >= 4 is 11.6 Å². The second kappa shape index (κ2) is 9.75. The molecule has 3 aromatic rings. The average molecular weight is 373 g/mol. The SMILES string of the molecule is CCc1cccc(CC)c1NC(=O)COc1ccccc1Cc1ccccc1. The minimum atomic E-state index is -0.134. The summed E-state index contributed by atoms with van der Waals surface area (Å²) in [5.74, 6) is 0.617. The number of aryl methyl sites for hydroxylation is 2. The molecule has 3 rings (SSSR count). The molecule has 0 heterocycles. The van der Waals surface area contributed by atoms with Crippen molar-refractivity contribution in [3.05, 3.63) is 95.1 Å². The van der Waals surface area contributed by atoms with Gasteiger partial charge in [0.1, 0.15) is 5.75 Å². The first-order chi connectivity index (χ1) is 13.7. The van der Waals surface area contributed by atoms with E-state index in [0.29, 0.717) is 0 Å². The van der Waals surface area contributed by atoms with Gasteiger partial charge in [-0.15, -0.1) is 0 Å². The lowest BCUT2D eigenvalue weighted by Gasteiger charge is -2.15. The number of hydrogen-bond acceptors (Lipinski definition) is 2. The molecule has 3 aromatic carbocycles. The van der Waals surface area contributed by atoms with Gasteiger partial charge in [-0.25, -0.2) is 0 Å². The van der Waals surface area contributed by atoms with Crippen molar-refractivity contribution in [1.82, 2.24) is 0 Å². The molecule has 0 aliphatic carbocycles. The van der Waals surface area contributed by atoms with Crippen molar-refractivity contribution in [1.29, 1.82) is 0 Å². The lowest BCUT2D eigenvalue weighted by atomic mass is 10.0. The predicted molar refractivity (Wildman–Crippen MR) is 115 cm³/mol. The molecule has 1 amide bonds. The zero-order valence-corrected chi connectivity index (χ0v) is 16.6. The summed E-state index contributed by atoms with van der Waals surface area (Å²) in [6.45, 7) is 4.19. The number of benzene rings is 3.